The number of nitrogens with one attached hydrogen (secondary N) is 1. The van der Waals surface area contributed by atoms with Crippen LogP contribution >= 0.6 is 22.6 Å². The van der Waals surface area contributed by atoms with E-state index in [9.17, 15) is 4.79 Å². The molecule has 5 nitrogen and oxygen atoms in total. The van der Waals surface area contributed by atoms with E-state index in [1.165, 1.54) is 0 Å². The summed E-state index contributed by atoms with van der Waals surface area (Å²) in [5.41, 5.74) is 0.566. The van der Waals surface area contributed by atoms with Crippen LogP contribution in [-0.2, 0) is 4.74 Å². The molecule has 0 heterocycles. The van der Waals surface area contributed by atoms with Crippen LogP contribution in [0.2, 0.25) is 0 Å². The SMILES string of the molecule is CCOc1cc(C(=O)NCCCOC)cc(I)c1OC. The molecule has 0 aliphatic heterocycles. The molecule has 1 amide bonds. The van der Waals surface area contributed by atoms with Crippen molar-refractivity contribution in [2.45, 2.75) is 13.3 Å². The number of ether oxygens (including phenoxy) is 3. The first kappa shape index (κ1) is 17.0. The molecular weight excluding hydrogens is 373 g/mol. The summed E-state index contributed by atoms with van der Waals surface area (Å²) in [7, 11) is 3.23. The summed E-state index contributed by atoms with van der Waals surface area (Å²) in [5, 5.41) is 2.85. The van der Waals surface area contributed by atoms with Gasteiger partial charge in [-0.1, -0.05) is 0 Å². The van der Waals surface area contributed by atoms with Crippen molar-refractivity contribution in [3.63, 3.8) is 0 Å². The predicted molar refractivity (Wildman–Crippen MR) is 85.7 cm³/mol. The average molecular weight is 393 g/mol. The summed E-state index contributed by atoms with van der Waals surface area (Å²) in [5.74, 6) is 1.12. The fourth-order valence-electron chi connectivity index (χ4n) is 1.68. The quantitative estimate of drug-likeness (QED) is 0.545. The highest BCUT2D eigenvalue weighted by Crippen LogP contribution is 2.33. The zero-order valence-corrected chi connectivity index (χ0v) is 14.2. The van der Waals surface area contributed by atoms with Crippen molar-refractivity contribution in [2.24, 2.45) is 0 Å². The number of hydrogen-bond donors (Lipinski definition) is 1. The molecule has 1 aromatic carbocycles. The van der Waals surface area contributed by atoms with E-state index in [4.69, 9.17) is 14.2 Å². The lowest BCUT2D eigenvalue weighted by molar-refractivity contribution is 0.0948. The highest BCUT2D eigenvalue weighted by atomic mass is 127. The van der Waals surface area contributed by atoms with E-state index in [-0.39, 0.29) is 5.91 Å². The topological polar surface area (TPSA) is 56.8 Å². The van der Waals surface area contributed by atoms with Crippen molar-refractivity contribution in [3.05, 3.63) is 21.3 Å². The van der Waals surface area contributed by atoms with Crippen LogP contribution in [-0.4, -0.2) is 39.9 Å². The Kier molecular flexibility index (Phi) is 7.68. The van der Waals surface area contributed by atoms with Crippen LogP contribution in [0.15, 0.2) is 12.1 Å². The van der Waals surface area contributed by atoms with Gasteiger partial charge in [0.15, 0.2) is 11.5 Å². The van der Waals surface area contributed by atoms with E-state index in [0.29, 0.717) is 36.8 Å². The van der Waals surface area contributed by atoms with Gasteiger partial charge in [0.1, 0.15) is 0 Å². The number of halogens is 1. The summed E-state index contributed by atoms with van der Waals surface area (Å²) in [6, 6.07) is 3.49. The molecule has 0 bridgehead atoms. The Bertz CT molecular complexity index is 451. The minimum atomic E-state index is -0.123. The van der Waals surface area contributed by atoms with E-state index in [1.54, 1.807) is 26.4 Å². The van der Waals surface area contributed by atoms with Crippen LogP contribution in [0.1, 0.15) is 23.7 Å². The second-order valence-electron chi connectivity index (χ2n) is 4.02. The Morgan fingerprint density at radius 3 is 2.70 bits per heavy atom. The minimum absolute atomic E-state index is 0.123. The van der Waals surface area contributed by atoms with Crippen molar-refractivity contribution in [1.29, 1.82) is 0 Å². The molecule has 6 heteroatoms. The van der Waals surface area contributed by atoms with E-state index in [1.807, 2.05) is 6.92 Å². The Labute approximate surface area is 133 Å². The molecule has 0 aliphatic carbocycles. The zero-order valence-electron chi connectivity index (χ0n) is 12.0. The van der Waals surface area contributed by atoms with Gasteiger partial charge >= 0.3 is 0 Å². The predicted octanol–water partition coefficient (Wildman–Crippen LogP) is 2.46. The Balaban J connectivity index is 2.81. The van der Waals surface area contributed by atoms with Crippen LogP contribution in [0.5, 0.6) is 11.5 Å². The molecule has 112 valence electrons. The second kappa shape index (κ2) is 9.02. The van der Waals surface area contributed by atoms with Gasteiger partial charge in [0, 0.05) is 25.8 Å². The average Bonchev–Trinajstić information content (AvgIpc) is 2.43. The first-order chi connectivity index (χ1) is 9.63. The number of carbonyl (C=O) groups is 1. The normalized spacial score (nSPS) is 10.2. The van der Waals surface area contributed by atoms with E-state index in [0.717, 1.165) is 9.99 Å². The van der Waals surface area contributed by atoms with Crippen LogP contribution in [0.25, 0.3) is 0 Å². The van der Waals surface area contributed by atoms with E-state index in [2.05, 4.69) is 27.9 Å². The lowest BCUT2D eigenvalue weighted by Gasteiger charge is -2.13. The van der Waals surface area contributed by atoms with Gasteiger partial charge in [0.25, 0.3) is 5.91 Å². The van der Waals surface area contributed by atoms with Gasteiger partial charge in [-0.05, 0) is 48.1 Å². The maximum atomic E-state index is 12.1. The second-order valence-corrected chi connectivity index (χ2v) is 5.19. The highest BCUT2D eigenvalue weighted by Gasteiger charge is 2.14. The molecule has 1 aromatic rings. The molecule has 0 aromatic heterocycles. The van der Waals surface area contributed by atoms with Crippen molar-refractivity contribution in [2.75, 3.05) is 34.0 Å². The molecule has 0 atom stereocenters. The van der Waals surface area contributed by atoms with Crippen LogP contribution in [0, 0.1) is 3.57 Å². The van der Waals surface area contributed by atoms with Crippen molar-refractivity contribution < 1.29 is 19.0 Å². The van der Waals surface area contributed by atoms with Gasteiger partial charge in [-0.2, -0.15) is 0 Å². The molecule has 0 fully saturated rings. The van der Waals surface area contributed by atoms with Gasteiger partial charge in [0.2, 0.25) is 0 Å². The van der Waals surface area contributed by atoms with Gasteiger partial charge in [0.05, 0.1) is 17.3 Å². The Hall–Kier alpha value is -1.02. The lowest BCUT2D eigenvalue weighted by Crippen LogP contribution is -2.25. The van der Waals surface area contributed by atoms with Gasteiger partial charge in [-0.3, -0.25) is 4.79 Å². The molecule has 0 unspecified atom stereocenters. The fraction of sp³-hybridized carbons (Fsp3) is 0.500. The molecule has 20 heavy (non-hydrogen) atoms. The van der Waals surface area contributed by atoms with Crippen LogP contribution in [0.4, 0.5) is 0 Å². The van der Waals surface area contributed by atoms with Gasteiger partial charge in [-0.15, -0.1) is 0 Å². The number of rotatable bonds is 8. The number of amides is 1. The number of hydrogen-bond acceptors (Lipinski definition) is 4. The van der Waals surface area contributed by atoms with Crippen LogP contribution in [0.3, 0.4) is 0 Å². The summed E-state index contributed by atoms with van der Waals surface area (Å²) in [6.45, 7) is 3.62. The van der Waals surface area contributed by atoms with E-state index >= 15 is 0 Å². The van der Waals surface area contributed by atoms with Crippen molar-refractivity contribution >= 4 is 28.5 Å². The fourth-order valence-corrected chi connectivity index (χ4v) is 2.50. The molecule has 0 saturated heterocycles. The Morgan fingerprint density at radius 2 is 2.10 bits per heavy atom. The molecule has 0 radical (unpaired) electrons. The standard InChI is InChI=1S/C14H20INO4/c1-4-20-12-9-10(8-11(15)13(12)19-3)14(17)16-6-5-7-18-2/h8-9H,4-7H2,1-3H3,(H,16,17). The minimum Gasteiger partial charge on any atom is -0.492 e. The highest BCUT2D eigenvalue weighted by molar-refractivity contribution is 14.1. The number of methoxy groups -OCH3 is 2. The third kappa shape index (κ3) is 4.82. The molecule has 0 aliphatic rings. The third-order valence-electron chi connectivity index (χ3n) is 2.59. The summed E-state index contributed by atoms with van der Waals surface area (Å²) in [4.78, 5) is 12.1. The van der Waals surface area contributed by atoms with Crippen molar-refractivity contribution in [3.8, 4) is 11.5 Å². The first-order valence-electron chi connectivity index (χ1n) is 6.41. The molecular formula is C14H20INO4. The molecule has 1 N–H and O–H groups in total. The number of carbonyl (C=O) groups excluding carboxylic acids is 1. The lowest BCUT2D eigenvalue weighted by atomic mass is 10.2. The smallest absolute Gasteiger partial charge is 0.251 e. The Morgan fingerprint density at radius 1 is 1.35 bits per heavy atom. The summed E-state index contributed by atoms with van der Waals surface area (Å²) < 4.78 is 16.6. The van der Waals surface area contributed by atoms with Gasteiger partial charge in [-0.25, -0.2) is 0 Å². The van der Waals surface area contributed by atoms with Gasteiger partial charge < -0.3 is 19.5 Å². The van der Waals surface area contributed by atoms with E-state index < -0.39 is 0 Å². The van der Waals surface area contributed by atoms with Crippen molar-refractivity contribution in [1.82, 2.24) is 5.32 Å². The maximum absolute atomic E-state index is 12.1. The zero-order chi connectivity index (χ0) is 15.0. The summed E-state index contributed by atoms with van der Waals surface area (Å²) in [6.07, 6.45) is 0.786. The van der Waals surface area contributed by atoms with Crippen LogP contribution < -0.4 is 14.8 Å². The number of benzene rings is 1. The summed E-state index contributed by atoms with van der Waals surface area (Å²) >= 11 is 2.13. The maximum Gasteiger partial charge on any atom is 0.251 e. The first-order valence-corrected chi connectivity index (χ1v) is 7.49. The third-order valence-corrected chi connectivity index (χ3v) is 3.39. The largest absolute Gasteiger partial charge is 0.492 e. The molecule has 0 spiro atoms. The molecule has 0 saturated carbocycles. The molecule has 1 rings (SSSR count). The monoisotopic (exact) mass is 393 g/mol.